The van der Waals surface area contributed by atoms with Crippen LogP contribution in [0.1, 0.15) is 107 Å². The van der Waals surface area contributed by atoms with Crippen LogP contribution >= 0.6 is 0 Å². The van der Waals surface area contributed by atoms with E-state index in [1.165, 1.54) is 38.8 Å². The van der Waals surface area contributed by atoms with Crippen LogP contribution in [0, 0.1) is 25.7 Å². The molecule has 0 aliphatic rings. The third kappa shape index (κ3) is 67.3. The number of rotatable bonds is 9. The van der Waals surface area contributed by atoms with E-state index in [2.05, 4.69) is 49.8 Å². The zero-order chi connectivity index (χ0) is 33.4. The van der Waals surface area contributed by atoms with Crippen molar-refractivity contribution in [1.82, 2.24) is 0 Å². The van der Waals surface area contributed by atoms with Crippen LogP contribution in [0.4, 0.5) is 0 Å². The van der Waals surface area contributed by atoms with Crippen molar-refractivity contribution in [2.45, 2.75) is 115 Å². The van der Waals surface area contributed by atoms with Crippen molar-refractivity contribution in [3.8, 4) is 0 Å². The molecule has 0 bridgehead atoms. The minimum atomic E-state index is -0.264. The summed E-state index contributed by atoms with van der Waals surface area (Å²) >= 11 is 0. The number of hydrogen-bond donors (Lipinski definition) is 1. The molecular weight excluding hydrogens is 524 g/mol. The van der Waals surface area contributed by atoms with Crippen molar-refractivity contribution in [2.24, 2.45) is 11.8 Å². The molecule has 1 rings (SSSR count). The van der Waals surface area contributed by atoms with Crippen LogP contribution in [0.15, 0.2) is 24.3 Å². The Morgan fingerprint density at radius 1 is 0.805 bits per heavy atom. The maximum atomic E-state index is 10.3. The quantitative estimate of drug-likeness (QED) is 0.241. The fourth-order valence-electron chi connectivity index (χ4n) is 2.15. The minimum absolute atomic E-state index is 0.132. The molecule has 0 aromatic heterocycles. The lowest BCUT2D eigenvalue weighted by Gasteiger charge is -2.08. The molecule has 0 saturated heterocycles. The molecule has 1 N–H and O–H groups in total. The van der Waals surface area contributed by atoms with Crippen LogP contribution < -0.4 is 0 Å². The first-order chi connectivity index (χ1) is 18.9. The zero-order valence-electron chi connectivity index (χ0n) is 28.6. The summed E-state index contributed by atoms with van der Waals surface area (Å²) in [6.07, 6.45) is 2.64. The molecule has 0 amide bonds. The molecule has 8 nitrogen and oxygen atoms in total. The standard InChI is InChI=1S/C8H10.C6H12O3.C6H12O2.C6H12O.C4H10O.C3H6O/c1-7-5-3-4-6-8(7)2;1-5(4-8-3)9-6(2)7;1-3-4-5-8-6(2)7;1-5(2)4-6(3)7;1-4(2)3-5;1-3(2)4/h3-6H,1-2H3;5H,4H2,1-3H3;3-5H2,1-2H3;5H,4H2,1-3H3;4-5H,3H2,1-2H3;1-2H3. The highest BCUT2D eigenvalue weighted by atomic mass is 16.6. The molecule has 1 atom stereocenters. The second-order valence-electron chi connectivity index (χ2n) is 10.4. The summed E-state index contributed by atoms with van der Waals surface area (Å²) in [6, 6.07) is 8.36. The Balaban J connectivity index is -0.000000129. The van der Waals surface area contributed by atoms with Gasteiger partial charge in [0.2, 0.25) is 0 Å². The van der Waals surface area contributed by atoms with Crippen molar-refractivity contribution >= 4 is 23.5 Å². The van der Waals surface area contributed by atoms with E-state index >= 15 is 0 Å². The number of aryl methyl sites for hydroxylation is 2. The van der Waals surface area contributed by atoms with Crippen LogP contribution in [0.3, 0.4) is 0 Å². The maximum absolute atomic E-state index is 10.3. The summed E-state index contributed by atoms with van der Waals surface area (Å²) in [7, 11) is 1.57. The van der Waals surface area contributed by atoms with Crippen molar-refractivity contribution in [3.63, 3.8) is 0 Å². The molecule has 0 aliphatic heterocycles. The molecule has 1 unspecified atom stereocenters. The molecule has 41 heavy (non-hydrogen) atoms. The van der Waals surface area contributed by atoms with Crippen LogP contribution in [-0.2, 0) is 33.4 Å². The van der Waals surface area contributed by atoms with E-state index in [0.717, 1.165) is 19.3 Å². The summed E-state index contributed by atoms with van der Waals surface area (Å²) in [5, 5.41) is 8.14. The van der Waals surface area contributed by atoms with Gasteiger partial charge in [0.25, 0.3) is 0 Å². The molecule has 0 aliphatic carbocycles. The van der Waals surface area contributed by atoms with E-state index in [9.17, 15) is 19.2 Å². The van der Waals surface area contributed by atoms with Gasteiger partial charge in [-0.1, -0.05) is 65.3 Å². The number of methoxy groups -OCH3 is 1. The number of benzene rings is 1. The van der Waals surface area contributed by atoms with Crippen molar-refractivity contribution in [3.05, 3.63) is 35.4 Å². The van der Waals surface area contributed by atoms with Crippen LogP contribution in [0.2, 0.25) is 0 Å². The van der Waals surface area contributed by atoms with Gasteiger partial charge in [-0.25, -0.2) is 0 Å². The van der Waals surface area contributed by atoms with Gasteiger partial charge >= 0.3 is 11.9 Å². The number of ether oxygens (including phenoxy) is 3. The highest BCUT2D eigenvalue weighted by molar-refractivity contribution is 5.75. The van der Waals surface area contributed by atoms with E-state index in [1.54, 1.807) is 21.0 Å². The first-order valence-electron chi connectivity index (χ1n) is 14.3. The van der Waals surface area contributed by atoms with E-state index in [1.807, 2.05) is 27.7 Å². The number of aliphatic hydroxyl groups is 1. The molecule has 0 heterocycles. The van der Waals surface area contributed by atoms with Crippen LogP contribution in [0.25, 0.3) is 0 Å². The monoisotopic (exact) mass is 586 g/mol. The normalized spacial score (nSPS) is 9.78. The molecule has 8 heteroatoms. The largest absolute Gasteiger partial charge is 0.466 e. The first-order valence-corrected chi connectivity index (χ1v) is 14.3. The number of unbranched alkanes of at least 4 members (excludes halogenated alkanes) is 1. The molecule has 0 fully saturated rings. The van der Waals surface area contributed by atoms with Gasteiger partial charge in [0.05, 0.1) is 13.2 Å². The highest BCUT2D eigenvalue weighted by Gasteiger charge is 2.02. The fourth-order valence-corrected chi connectivity index (χ4v) is 2.15. The van der Waals surface area contributed by atoms with Crippen molar-refractivity contribution in [1.29, 1.82) is 0 Å². The van der Waals surface area contributed by atoms with Crippen molar-refractivity contribution in [2.75, 3.05) is 26.9 Å². The summed E-state index contributed by atoms with van der Waals surface area (Å²) in [6.45, 7) is 24.9. The maximum Gasteiger partial charge on any atom is 0.302 e. The molecule has 0 radical (unpaired) electrons. The molecule has 1 aromatic rings. The Hall–Kier alpha value is -2.58. The predicted molar refractivity (Wildman–Crippen MR) is 169 cm³/mol. The lowest BCUT2D eigenvalue weighted by atomic mass is 10.1. The second-order valence-corrected chi connectivity index (χ2v) is 10.4. The Kier molecular flexibility index (Phi) is 41.6. The van der Waals surface area contributed by atoms with Gasteiger partial charge in [-0.3, -0.25) is 9.59 Å². The van der Waals surface area contributed by atoms with Gasteiger partial charge in [0.1, 0.15) is 17.7 Å². The second kappa shape index (κ2) is 35.4. The number of carbonyl (C=O) groups is 4. The zero-order valence-corrected chi connectivity index (χ0v) is 28.6. The number of carbonyl (C=O) groups excluding carboxylic acids is 4. The number of Topliss-reactive ketones (excluding diaryl/α,β-unsaturated/α-hetero) is 2. The Morgan fingerprint density at radius 2 is 1.22 bits per heavy atom. The molecule has 0 saturated carbocycles. The Bertz CT molecular complexity index is 732. The topological polar surface area (TPSA) is 116 Å². The SMILES string of the molecule is CC(=O)CC(C)C.CC(C)=O.CC(C)CO.CCCCOC(C)=O.COCC(C)OC(C)=O.Cc1ccccc1C. The van der Waals surface area contributed by atoms with Gasteiger partial charge in [-0.15, -0.1) is 0 Å². The molecular formula is C33H62O8. The number of hydrogen-bond acceptors (Lipinski definition) is 8. The van der Waals surface area contributed by atoms with Crippen LogP contribution in [-0.4, -0.2) is 61.6 Å². The third-order valence-corrected chi connectivity index (χ3v) is 4.06. The van der Waals surface area contributed by atoms with E-state index in [4.69, 9.17) is 14.6 Å². The Labute approximate surface area is 251 Å². The van der Waals surface area contributed by atoms with E-state index in [-0.39, 0.29) is 29.6 Å². The number of esters is 2. The van der Waals surface area contributed by atoms with Gasteiger partial charge in [-0.2, -0.15) is 0 Å². The number of aliphatic hydroxyl groups excluding tert-OH is 1. The van der Waals surface area contributed by atoms with Gasteiger partial charge in [-0.05, 0) is 70.9 Å². The number of ketones is 2. The average Bonchev–Trinajstić information content (AvgIpc) is 2.81. The highest BCUT2D eigenvalue weighted by Crippen LogP contribution is 2.02. The predicted octanol–water partition coefficient (Wildman–Crippen LogP) is 7.09. The summed E-state index contributed by atoms with van der Waals surface area (Å²) in [5.41, 5.74) is 2.74. The van der Waals surface area contributed by atoms with Gasteiger partial charge in [0, 0.05) is 34.0 Å². The minimum Gasteiger partial charge on any atom is -0.466 e. The first kappa shape index (κ1) is 48.2. The van der Waals surface area contributed by atoms with Gasteiger partial charge in [0.15, 0.2) is 0 Å². The summed E-state index contributed by atoms with van der Waals surface area (Å²) in [4.78, 5) is 40.0. The molecule has 0 spiro atoms. The average molecular weight is 587 g/mol. The molecule has 242 valence electrons. The van der Waals surface area contributed by atoms with Crippen LogP contribution in [0.5, 0.6) is 0 Å². The third-order valence-electron chi connectivity index (χ3n) is 4.06. The van der Waals surface area contributed by atoms with E-state index < -0.39 is 0 Å². The summed E-state index contributed by atoms with van der Waals surface area (Å²) < 4.78 is 14.1. The lowest BCUT2D eigenvalue weighted by molar-refractivity contribution is -0.147. The van der Waals surface area contributed by atoms with E-state index in [0.29, 0.717) is 31.7 Å². The fraction of sp³-hybridized carbons (Fsp3) is 0.697. The molecule has 1 aromatic carbocycles. The van der Waals surface area contributed by atoms with Gasteiger partial charge < -0.3 is 28.9 Å². The van der Waals surface area contributed by atoms with Crippen molar-refractivity contribution < 1.29 is 38.5 Å². The smallest absolute Gasteiger partial charge is 0.302 e. The Morgan fingerprint density at radius 3 is 1.41 bits per heavy atom. The lowest BCUT2D eigenvalue weighted by Crippen LogP contribution is -2.17. The summed E-state index contributed by atoms with van der Waals surface area (Å²) in [5.74, 6) is 0.973.